The summed E-state index contributed by atoms with van der Waals surface area (Å²) in [6.07, 6.45) is 15.6. The number of alkyl halides is 1. The van der Waals surface area contributed by atoms with Gasteiger partial charge in [0.25, 0.3) is 0 Å². The SMILES string of the molecule is CC1CCC(CCC2CCC(C3=CC=C(F)C(F)C3)CC2)CC1. The Balaban J connectivity index is 1.39. The summed E-state index contributed by atoms with van der Waals surface area (Å²) in [4.78, 5) is 0. The van der Waals surface area contributed by atoms with Crippen LogP contribution in [0.5, 0.6) is 0 Å². The van der Waals surface area contributed by atoms with Crippen molar-refractivity contribution in [2.45, 2.75) is 83.7 Å². The van der Waals surface area contributed by atoms with E-state index in [9.17, 15) is 8.78 Å². The molecule has 3 aliphatic carbocycles. The maximum atomic E-state index is 13.5. The first-order chi connectivity index (χ1) is 11.1. The lowest BCUT2D eigenvalue weighted by Crippen LogP contribution is -2.20. The minimum atomic E-state index is -1.39. The second kappa shape index (κ2) is 7.94. The molecule has 3 rings (SSSR count). The highest BCUT2D eigenvalue weighted by atomic mass is 19.2. The third-order valence-corrected chi connectivity index (χ3v) is 6.66. The third kappa shape index (κ3) is 4.67. The van der Waals surface area contributed by atoms with Crippen LogP contribution in [0.25, 0.3) is 0 Å². The molecule has 0 bridgehead atoms. The van der Waals surface area contributed by atoms with Gasteiger partial charge in [0, 0.05) is 6.42 Å². The van der Waals surface area contributed by atoms with Crippen LogP contribution in [0, 0.1) is 23.7 Å². The first-order valence-corrected chi connectivity index (χ1v) is 9.82. The average molecular weight is 322 g/mol. The van der Waals surface area contributed by atoms with Gasteiger partial charge in [-0.25, -0.2) is 8.78 Å². The lowest BCUT2D eigenvalue weighted by Gasteiger charge is -2.33. The van der Waals surface area contributed by atoms with Crippen molar-refractivity contribution in [2.75, 3.05) is 0 Å². The van der Waals surface area contributed by atoms with Gasteiger partial charge >= 0.3 is 0 Å². The Morgan fingerprint density at radius 1 is 0.870 bits per heavy atom. The van der Waals surface area contributed by atoms with Gasteiger partial charge in [-0.15, -0.1) is 0 Å². The topological polar surface area (TPSA) is 0 Å². The molecule has 1 unspecified atom stereocenters. The molecule has 2 heteroatoms. The molecule has 0 nitrogen and oxygen atoms in total. The number of hydrogen-bond acceptors (Lipinski definition) is 0. The predicted molar refractivity (Wildman–Crippen MR) is 92.6 cm³/mol. The molecule has 3 aliphatic rings. The van der Waals surface area contributed by atoms with Gasteiger partial charge < -0.3 is 0 Å². The zero-order chi connectivity index (χ0) is 16.2. The van der Waals surface area contributed by atoms with Crippen molar-refractivity contribution in [1.29, 1.82) is 0 Å². The van der Waals surface area contributed by atoms with E-state index in [2.05, 4.69) is 6.92 Å². The van der Waals surface area contributed by atoms with Gasteiger partial charge in [0.15, 0.2) is 6.17 Å². The van der Waals surface area contributed by atoms with Crippen molar-refractivity contribution in [2.24, 2.45) is 23.7 Å². The highest BCUT2D eigenvalue weighted by Gasteiger charge is 2.28. The van der Waals surface area contributed by atoms with Gasteiger partial charge in [0.05, 0.1) is 0 Å². The lowest BCUT2D eigenvalue weighted by atomic mass is 9.73. The van der Waals surface area contributed by atoms with Crippen LogP contribution in [0.1, 0.15) is 77.6 Å². The van der Waals surface area contributed by atoms with Crippen molar-refractivity contribution in [3.8, 4) is 0 Å². The molecule has 0 radical (unpaired) electrons. The molecule has 23 heavy (non-hydrogen) atoms. The molecule has 1 atom stereocenters. The summed E-state index contributed by atoms with van der Waals surface area (Å²) in [6, 6.07) is 0. The standard InChI is InChI=1S/C21H32F2/c1-15-2-4-16(5-3-15)6-7-17-8-10-18(11-9-17)19-12-13-20(22)21(23)14-19/h12-13,15-18,21H,2-11,14H2,1H3. The Hall–Kier alpha value is -0.660. The van der Waals surface area contributed by atoms with E-state index in [-0.39, 0.29) is 6.42 Å². The minimum Gasteiger partial charge on any atom is -0.239 e. The average Bonchev–Trinajstić information content (AvgIpc) is 2.57. The number of rotatable bonds is 4. The van der Waals surface area contributed by atoms with Gasteiger partial charge in [-0.1, -0.05) is 57.1 Å². The summed E-state index contributed by atoms with van der Waals surface area (Å²) in [5.41, 5.74) is 1.15. The van der Waals surface area contributed by atoms with E-state index in [1.54, 1.807) is 0 Å². The molecule has 0 amide bonds. The van der Waals surface area contributed by atoms with Crippen LogP contribution >= 0.6 is 0 Å². The van der Waals surface area contributed by atoms with E-state index in [1.165, 1.54) is 70.3 Å². The smallest absolute Gasteiger partial charge is 0.155 e. The Kier molecular flexibility index (Phi) is 5.93. The molecular weight excluding hydrogens is 290 g/mol. The second-order valence-electron chi connectivity index (χ2n) is 8.39. The van der Waals surface area contributed by atoms with E-state index in [0.717, 1.165) is 23.3 Å². The highest BCUT2D eigenvalue weighted by Crippen LogP contribution is 2.40. The molecule has 0 N–H and O–H groups in total. The molecular formula is C21H32F2. The van der Waals surface area contributed by atoms with Crippen LogP contribution in [0.4, 0.5) is 8.78 Å². The summed E-state index contributed by atoms with van der Waals surface area (Å²) in [5, 5.41) is 0. The van der Waals surface area contributed by atoms with E-state index in [0.29, 0.717) is 5.92 Å². The van der Waals surface area contributed by atoms with Crippen LogP contribution in [-0.2, 0) is 0 Å². The minimum absolute atomic E-state index is 0.290. The first kappa shape index (κ1) is 17.2. The van der Waals surface area contributed by atoms with Crippen molar-refractivity contribution < 1.29 is 8.78 Å². The number of allylic oxidation sites excluding steroid dienone is 4. The van der Waals surface area contributed by atoms with Crippen molar-refractivity contribution in [1.82, 2.24) is 0 Å². The molecule has 0 aromatic heterocycles. The van der Waals surface area contributed by atoms with Crippen molar-refractivity contribution >= 4 is 0 Å². The van der Waals surface area contributed by atoms with E-state index in [1.807, 2.05) is 6.08 Å². The second-order valence-corrected chi connectivity index (χ2v) is 8.39. The fourth-order valence-corrected chi connectivity index (χ4v) is 4.88. The number of halogens is 2. The van der Waals surface area contributed by atoms with Crippen LogP contribution < -0.4 is 0 Å². The molecule has 2 saturated carbocycles. The summed E-state index contributed by atoms with van der Waals surface area (Å²) in [6.45, 7) is 2.39. The Bertz CT molecular complexity index is 435. The molecule has 0 aromatic carbocycles. The molecule has 130 valence electrons. The molecule has 0 aromatic rings. The zero-order valence-electron chi connectivity index (χ0n) is 14.6. The molecule has 0 saturated heterocycles. The molecule has 2 fully saturated rings. The molecule has 0 spiro atoms. The summed E-state index contributed by atoms with van der Waals surface area (Å²) in [5.74, 6) is 2.71. The summed E-state index contributed by atoms with van der Waals surface area (Å²) >= 11 is 0. The fourth-order valence-electron chi connectivity index (χ4n) is 4.88. The van der Waals surface area contributed by atoms with E-state index >= 15 is 0 Å². The van der Waals surface area contributed by atoms with Gasteiger partial charge in [-0.2, -0.15) is 0 Å². The third-order valence-electron chi connectivity index (χ3n) is 6.66. The predicted octanol–water partition coefficient (Wildman–Crippen LogP) is 6.92. The Morgan fingerprint density at radius 3 is 2.00 bits per heavy atom. The fraction of sp³-hybridized carbons (Fsp3) is 0.810. The van der Waals surface area contributed by atoms with Gasteiger partial charge in [0.2, 0.25) is 0 Å². The van der Waals surface area contributed by atoms with Crippen LogP contribution in [-0.4, -0.2) is 6.17 Å². The molecule has 0 aliphatic heterocycles. The monoisotopic (exact) mass is 322 g/mol. The van der Waals surface area contributed by atoms with Gasteiger partial charge in [-0.3, -0.25) is 0 Å². The largest absolute Gasteiger partial charge is 0.239 e. The zero-order valence-corrected chi connectivity index (χ0v) is 14.6. The highest BCUT2D eigenvalue weighted by molar-refractivity contribution is 5.26. The quantitative estimate of drug-likeness (QED) is 0.527. The van der Waals surface area contributed by atoms with E-state index < -0.39 is 12.0 Å². The first-order valence-electron chi connectivity index (χ1n) is 9.82. The number of hydrogen-bond donors (Lipinski definition) is 0. The van der Waals surface area contributed by atoms with Crippen molar-refractivity contribution in [3.05, 3.63) is 23.6 Å². The van der Waals surface area contributed by atoms with Crippen LogP contribution in [0.3, 0.4) is 0 Å². The summed E-state index contributed by atoms with van der Waals surface area (Å²) < 4.78 is 26.7. The normalized spacial score (nSPS) is 38.8. The Labute approximate surface area is 140 Å². The van der Waals surface area contributed by atoms with Gasteiger partial charge in [-0.05, 0) is 55.4 Å². The maximum absolute atomic E-state index is 13.5. The maximum Gasteiger partial charge on any atom is 0.155 e. The van der Waals surface area contributed by atoms with E-state index in [4.69, 9.17) is 0 Å². The van der Waals surface area contributed by atoms with Crippen molar-refractivity contribution in [3.63, 3.8) is 0 Å². The lowest BCUT2D eigenvalue weighted by molar-refractivity contribution is 0.226. The Morgan fingerprint density at radius 2 is 1.43 bits per heavy atom. The van der Waals surface area contributed by atoms with Crippen LogP contribution in [0.2, 0.25) is 0 Å². The van der Waals surface area contributed by atoms with Gasteiger partial charge in [0.1, 0.15) is 5.83 Å². The van der Waals surface area contributed by atoms with Crippen LogP contribution in [0.15, 0.2) is 23.6 Å². The summed E-state index contributed by atoms with van der Waals surface area (Å²) in [7, 11) is 0. The molecule has 0 heterocycles.